The summed E-state index contributed by atoms with van der Waals surface area (Å²) in [5.41, 5.74) is 0. The van der Waals surface area contributed by atoms with Crippen molar-refractivity contribution in [2.24, 2.45) is 4.99 Å². The number of unbranched alkanes of at least 4 members (excludes halogenated alkanes) is 2. The Bertz CT molecular complexity index is 143. The van der Waals surface area contributed by atoms with Crippen LogP contribution in [0.15, 0.2) is 4.99 Å². The third-order valence-corrected chi connectivity index (χ3v) is 1.37. The first-order chi connectivity index (χ1) is 5.18. The number of carboxylic acids is 1. The summed E-state index contributed by atoms with van der Waals surface area (Å²) >= 11 is 0. The molecule has 1 N–H and O–H groups in total. The molecule has 0 unspecified atom stereocenters. The second-order valence-corrected chi connectivity index (χ2v) is 2.49. The number of aliphatic carboxylic acids is 1. The van der Waals surface area contributed by atoms with Gasteiger partial charge in [0.05, 0.1) is 0 Å². The Labute approximate surface area is 67.1 Å². The normalized spacial score (nSPS) is 13.6. The van der Waals surface area contributed by atoms with Crippen molar-refractivity contribution < 1.29 is 9.90 Å². The number of hydrogen-bond donors (Lipinski definition) is 1. The maximum Gasteiger partial charge on any atom is 0.328 e. The molecule has 0 aliphatic carbocycles. The van der Waals surface area contributed by atoms with Crippen LogP contribution in [0.5, 0.6) is 0 Å². The van der Waals surface area contributed by atoms with Gasteiger partial charge in [-0.2, -0.15) is 0 Å². The van der Waals surface area contributed by atoms with Crippen molar-refractivity contribution in [3.8, 4) is 0 Å². The summed E-state index contributed by atoms with van der Waals surface area (Å²) < 4.78 is 0. The molecule has 0 fully saturated rings. The Balaban J connectivity index is 3.48. The highest BCUT2D eigenvalue weighted by Crippen LogP contribution is 1.93. The van der Waals surface area contributed by atoms with Crippen LogP contribution >= 0.6 is 0 Å². The van der Waals surface area contributed by atoms with Gasteiger partial charge in [-0.05, 0) is 26.0 Å². The van der Waals surface area contributed by atoms with Gasteiger partial charge in [0.2, 0.25) is 0 Å². The molecule has 0 aliphatic heterocycles. The Kier molecular flexibility index (Phi) is 5.43. The van der Waals surface area contributed by atoms with Crippen molar-refractivity contribution in [2.45, 2.75) is 39.2 Å². The zero-order valence-electron chi connectivity index (χ0n) is 7.08. The van der Waals surface area contributed by atoms with Crippen LogP contribution in [0.25, 0.3) is 0 Å². The van der Waals surface area contributed by atoms with E-state index in [0.29, 0.717) is 0 Å². The number of carboxylic acid groups (broad SMARTS) is 1. The minimum absolute atomic E-state index is 0.591. The molecular weight excluding hydrogens is 142 g/mol. The molecule has 0 aromatic carbocycles. The van der Waals surface area contributed by atoms with E-state index < -0.39 is 12.0 Å². The lowest BCUT2D eigenvalue weighted by Gasteiger charge is -1.96. The molecule has 0 spiro atoms. The second kappa shape index (κ2) is 5.89. The van der Waals surface area contributed by atoms with Gasteiger partial charge in [0.1, 0.15) is 6.04 Å². The summed E-state index contributed by atoms with van der Waals surface area (Å²) in [5, 5.41) is 8.42. The number of aliphatic imine (C=N–C) groups is 1. The highest BCUT2D eigenvalue weighted by atomic mass is 16.4. The van der Waals surface area contributed by atoms with Gasteiger partial charge in [-0.1, -0.05) is 13.3 Å². The molecule has 0 radical (unpaired) electrons. The van der Waals surface area contributed by atoms with Gasteiger partial charge < -0.3 is 5.11 Å². The summed E-state index contributed by atoms with van der Waals surface area (Å²) in [5.74, 6) is -0.863. The molecule has 0 aliphatic rings. The molecule has 0 heterocycles. The largest absolute Gasteiger partial charge is 0.480 e. The topological polar surface area (TPSA) is 49.7 Å². The summed E-state index contributed by atoms with van der Waals surface area (Å²) in [6, 6.07) is -0.591. The number of hydrogen-bond acceptors (Lipinski definition) is 2. The van der Waals surface area contributed by atoms with Crippen molar-refractivity contribution >= 4 is 12.2 Å². The molecule has 0 aromatic heterocycles. The number of nitrogens with zero attached hydrogens (tertiary/aromatic N) is 1. The molecule has 0 saturated carbocycles. The Morgan fingerprint density at radius 2 is 2.36 bits per heavy atom. The zero-order valence-corrected chi connectivity index (χ0v) is 7.08. The molecule has 64 valence electrons. The van der Waals surface area contributed by atoms with E-state index in [-0.39, 0.29) is 0 Å². The lowest BCUT2D eigenvalue weighted by Crippen LogP contribution is -2.12. The van der Waals surface area contributed by atoms with Crippen LogP contribution in [0.3, 0.4) is 0 Å². The van der Waals surface area contributed by atoms with Crippen molar-refractivity contribution in [3.63, 3.8) is 0 Å². The molecule has 0 rings (SSSR count). The first-order valence-corrected chi connectivity index (χ1v) is 3.93. The molecule has 1 atom stereocenters. The maximum absolute atomic E-state index is 10.2. The van der Waals surface area contributed by atoms with Gasteiger partial charge in [-0.15, -0.1) is 0 Å². The van der Waals surface area contributed by atoms with Crippen molar-refractivity contribution in [1.29, 1.82) is 0 Å². The second-order valence-electron chi connectivity index (χ2n) is 2.49. The average Bonchev–Trinajstić information content (AvgIpc) is 1.97. The van der Waals surface area contributed by atoms with Crippen molar-refractivity contribution in [1.82, 2.24) is 0 Å². The molecule has 0 aromatic rings. The average molecular weight is 157 g/mol. The van der Waals surface area contributed by atoms with Crippen LogP contribution in [-0.4, -0.2) is 23.3 Å². The van der Waals surface area contributed by atoms with Crippen LogP contribution in [0.2, 0.25) is 0 Å². The monoisotopic (exact) mass is 157 g/mol. The number of carbonyl (C=O) groups is 1. The van der Waals surface area contributed by atoms with Crippen molar-refractivity contribution in [2.75, 3.05) is 0 Å². The Morgan fingerprint density at radius 1 is 1.73 bits per heavy atom. The van der Waals surface area contributed by atoms with E-state index in [9.17, 15) is 4.79 Å². The van der Waals surface area contributed by atoms with Crippen LogP contribution in [0.1, 0.15) is 33.1 Å². The van der Waals surface area contributed by atoms with E-state index in [4.69, 9.17) is 5.11 Å². The molecule has 0 amide bonds. The van der Waals surface area contributed by atoms with Crippen molar-refractivity contribution in [3.05, 3.63) is 0 Å². The molecular formula is C8H15NO2. The van der Waals surface area contributed by atoms with Gasteiger partial charge in [0.25, 0.3) is 0 Å². The minimum atomic E-state index is -0.863. The Morgan fingerprint density at radius 3 is 2.82 bits per heavy atom. The van der Waals surface area contributed by atoms with E-state index in [2.05, 4.69) is 11.9 Å². The predicted molar refractivity (Wildman–Crippen MR) is 45.1 cm³/mol. The quantitative estimate of drug-likeness (QED) is 0.488. The fourth-order valence-corrected chi connectivity index (χ4v) is 0.592. The Hall–Kier alpha value is -0.860. The van der Waals surface area contributed by atoms with Gasteiger partial charge in [0.15, 0.2) is 0 Å². The van der Waals surface area contributed by atoms with Gasteiger partial charge in [-0.25, -0.2) is 4.79 Å². The summed E-state index contributed by atoms with van der Waals surface area (Å²) in [6.07, 6.45) is 4.78. The third kappa shape index (κ3) is 5.58. The van der Waals surface area contributed by atoms with Gasteiger partial charge in [0, 0.05) is 0 Å². The van der Waals surface area contributed by atoms with Crippen LogP contribution < -0.4 is 0 Å². The third-order valence-electron chi connectivity index (χ3n) is 1.37. The first kappa shape index (κ1) is 10.1. The smallest absolute Gasteiger partial charge is 0.328 e. The van der Waals surface area contributed by atoms with Gasteiger partial charge in [-0.3, -0.25) is 4.99 Å². The lowest BCUT2D eigenvalue weighted by atomic mass is 10.3. The molecule has 3 nitrogen and oxygen atoms in total. The maximum atomic E-state index is 10.2. The zero-order chi connectivity index (χ0) is 8.69. The summed E-state index contributed by atoms with van der Waals surface area (Å²) in [6.45, 7) is 3.67. The van der Waals surface area contributed by atoms with E-state index in [1.54, 1.807) is 13.1 Å². The summed E-state index contributed by atoms with van der Waals surface area (Å²) in [4.78, 5) is 14.1. The standard InChI is InChI=1S/C8H15NO2/c1-3-4-5-6-9-7(2)8(10)11/h6-7H,3-5H2,1-2H3,(H,10,11)/t7-/m0/s1. The van der Waals surface area contributed by atoms with Crippen LogP contribution in [0, 0.1) is 0 Å². The lowest BCUT2D eigenvalue weighted by molar-refractivity contribution is -0.137. The van der Waals surface area contributed by atoms with Crippen LogP contribution in [-0.2, 0) is 4.79 Å². The molecule has 0 saturated heterocycles. The SMILES string of the molecule is CCCCC=N[C@@H](C)C(=O)O. The van der Waals surface area contributed by atoms with E-state index in [1.165, 1.54) is 0 Å². The number of rotatable bonds is 5. The van der Waals surface area contributed by atoms with E-state index in [0.717, 1.165) is 19.3 Å². The predicted octanol–water partition coefficient (Wildman–Crippen LogP) is 1.72. The summed E-state index contributed by atoms with van der Waals surface area (Å²) in [7, 11) is 0. The first-order valence-electron chi connectivity index (χ1n) is 3.93. The van der Waals surface area contributed by atoms with Gasteiger partial charge >= 0.3 is 5.97 Å². The highest BCUT2D eigenvalue weighted by molar-refractivity contribution is 5.75. The molecule has 3 heteroatoms. The van der Waals surface area contributed by atoms with Crippen LogP contribution in [0.4, 0.5) is 0 Å². The van der Waals surface area contributed by atoms with E-state index >= 15 is 0 Å². The highest BCUT2D eigenvalue weighted by Gasteiger charge is 2.05. The minimum Gasteiger partial charge on any atom is -0.480 e. The van der Waals surface area contributed by atoms with E-state index in [1.807, 2.05) is 0 Å². The molecule has 11 heavy (non-hydrogen) atoms. The fraction of sp³-hybridized carbons (Fsp3) is 0.750. The molecule has 0 bridgehead atoms. The fourth-order valence-electron chi connectivity index (χ4n) is 0.592.